The van der Waals surface area contributed by atoms with Gasteiger partial charge in [-0.15, -0.1) is 16.9 Å². The number of aryl methyl sites for hydroxylation is 1. The second kappa shape index (κ2) is 6.92. The number of H-pyrrole nitrogens is 1. The quantitative estimate of drug-likeness (QED) is 0.889. The third-order valence-corrected chi connectivity index (χ3v) is 6.34. The molecular weight excluding hydrogens is 348 g/mol. The van der Waals surface area contributed by atoms with Gasteiger partial charge < -0.3 is 9.80 Å². The molecule has 0 saturated carbocycles. The Labute approximate surface area is 157 Å². The summed E-state index contributed by atoms with van der Waals surface area (Å²) in [6.07, 6.45) is 0. The van der Waals surface area contributed by atoms with E-state index in [-0.39, 0.29) is 16.5 Å². The third-order valence-electron chi connectivity index (χ3n) is 4.99. The zero-order chi connectivity index (χ0) is 18.3. The summed E-state index contributed by atoms with van der Waals surface area (Å²) in [7, 11) is 2.12. The van der Waals surface area contributed by atoms with Crippen molar-refractivity contribution in [1.29, 1.82) is 0 Å². The second-order valence-electron chi connectivity index (χ2n) is 7.00. The molecule has 4 rings (SSSR count). The minimum Gasteiger partial charge on any atom is -0.337 e. The lowest BCUT2D eigenvalue weighted by Crippen LogP contribution is -2.45. The molecule has 2 aliphatic heterocycles. The van der Waals surface area contributed by atoms with E-state index in [1.54, 1.807) is 16.7 Å². The van der Waals surface area contributed by atoms with Crippen LogP contribution in [0.3, 0.4) is 0 Å². The van der Waals surface area contributed by atoms with Crippen molar-refractivity contribution in [3.8, 4) is 0 Å². The number of carbonyl (C=O) groups is 1. The van der Waals surface area contributed by atoms with Gasteiger partial charge in [-0.25, -0.2) is 5.10 Å². The lowest BCUT2D eigenvalue weighted by atomic mass is 10.1. The van der Waals surface area contributed by atoms with Crippen molar-refractivity contribution in [3.63, 3.8) is 0 Å². The maximum Gasteiger partial charge on any atom is 0.246 e. The Hall–Kier alpha value is -2.06. The predicted octanol–water partition coefficient (Wildman–Crippen LogP) is 2.03. The van der Waals surface area contributed by atoms with E-state index < -0.39 is 0 Å². The number of thioether (sulfide) groups is 1. The van der Waals surface area contributed by atoms with E-state index in [9.17, 15) is 4.79 Å². The van der Waals surface area contributed by atoms with Gasteiger partial charge in [0.1, 0.15) is 5.37 Å². The minimum absolute atomic E-state index is 0.0710. The first-order chi connectivity index (χ1) is 12.5. The first-order valence-corrected chi connectivity index (χ1v) is 9.88. The number of benzene rings is 1. The Balaban J connectivity index is 1.60. The molecule has 0 radical (unpaired) electrons. The molecule has 8 heteroatoms. The fourth-order valence-corrected chi connectivity index (χ4v) is 4.55. The number of nitrogens with zero attached hydrogens (tertiary/aromatic N) is 5. The summed E-state index contributed by atoms with van der Waals surface area (Å²) in [5, 5.41) is 7.20. The molecule has 1 N–H and O–H groups in total. The summed E-state index contributed by atoms with van der Waals surface area (Å²) < 4.78 is 0. The van der Waals surface area contributed by atoms with Gasteiger partial charge in [0.15, 0.2) is 0 Å². The van der Waals surface area contributed by atoms with Gasteiger partial charge in [-0.2, -0.15) is 4.98 Å². The number of hydrogen-bond donors (Lipinski definition) is 1. The summed E-state index contributed by atoms with van der Waals surface area (Å²) in [5.74, 6) is 1.28. The maximum absolute atomic E-state index is 12.8. The standard InChI is InChI=1S/C18H24N6OS/c1-12-4-6-14(7-5-12)16-24(15(25)13(2)26-16)18-19-17(20-21-18)23-10-8-22(3)9-11-23/h4-7,13,16H,8-11H2,1-3H3,(H,19,20,21). The average Bonchev–Trinajstić information content (AvgIpc) is 3.22. The molecule has 1 aromatic heterocycles. The zero-order valence-electron chi connectivity index (χ0n) is 15.3. The van der Waals surface area contributed by atoms with E-state index in [4.69, 9.17) is 0 Å². The first kappa shape index (κ1) is 17.4. The van der Waals surface area contributed by atoms with Crippen LogP contribution in [0.25, 0.3) is 0 Å². The summed E-state index contributed by atoms with van der Waals surface area (Å²) in [6, 6.07) is 8.33. The first-order valence-electron chi connectivity index (χ1n) is 8.94. The molecule has 1 amide bonds. The Bertz CT molecular complexity index is 783. The number of amides is 1. The summed E-state index contributed by atoms with van der Waals surface area (Å²) in [4.78, 5) is 23.6. The molecule has 2 unspecified atom stereocenters. The molecule has 2 aliphatic rings. The molecule has 2 aromatic rings. The molecule has 2 saturated heterocycles. The maximum atomic E-state index is 12.8. The molecule has 7 nitrogen and oxygen atoms in total. The van der Waals surface area contributed by atoms with E-state index in [0.29, 0.717) is 11.9 Å². The number of rotatable bonds is 3. The van der Waals surface area contributed by atoms with E-state index in [1.165, 1.54) is 5.56 Å². The molecule has 2 atom stereocenters. The lowest BCUT2D eigenvalue weighted by Gasteiger charge is -2.31. The fraction of sp³-hybridized carbons (Fsp3) is 0.500. The number of aromatic amines is 1. The van der Waals surface area contributed by atoms with E-state index in [2.05, 4.69) is 63.2 Å². The summed E-state index contributed by atoms with van der Waals surface area (Å²) in [5.41, 5.74) is 2.32. The summed E-state index contributed by atoms with van der Waals surface area (Å²) in [6.45, 7) is 7.79. The van der Waals surface area contributed by atoms with Crippen LogP contribution in [0.1, 0.15) is 23.4 Å². The van der Waals surface area contributed by atoms with Gasteiger partial charge in [-0.3, -0.25) is 9.69 Å². The number of hydrogen-bond acceptors (Lipinski definition) is 6. The molecule has 138 valence electrons. The van der Waals surface area contributed by atoms with Crippen LogP contribution in [-0.2, 0) is 4.79 Å². The van der Waals surface area contributed by atoms with Crippen LogP contribution in [0.4, 0.5) is 11.9 Å². The molecule has 0 spiro atoms. The van der Waals surface area contributed by atoms with Crippen LogP contribution >= 0.6 is 11.8 Å². The molecule has 0 aliphatic carbocycles. The third kappa shape index (κ3) is 3.19. The van der Waals surface area contributed by atoms with Crippen molar-refractivity contribution in [2.24, 2.45) is 0 Å². The Morgan fingerprint density at radius 1 is 1.15 bits per heavy atom. The molecule has 26 heavy (non-hydrogen) atoms. The van der Waals surface area contributed by atoms with E-state index in [1.807, 2.05) is 6.92 Å². The predicted molar refractivity (Wildman–Crippen MR) is 105 cm³/mol. The monoisotopic (exact) mass is 372 g/mol. The number of anilines is 2. The molecular formula is C18H24N6OS. The highest BCUT2D eigenvalue weighted by molar-refractivity contribution is 8.01. The topological polar surface area (TPSA) is 68.4 Å². The summed E-state index contributed by atoms with van der Waals surface area (Å²) >= 11 is 1.65. The Morgan fingerprint density at radius 2 is 1.85 bits per heavy atom. The Morgan fingerprint density at radius 3 is 2.54 bits per heavy atom. The number of nitrogens with one attached hydrogen (secondary N) is 1. The minimum atomic E-state index is -0.0986. The number of likely N-dealkylation sites (N-methyl/N-ethyl adjacent to an activating group) is 1. The second-order valence-corrected chi connectivity index (χ2v) is 8.42. The zero-order valence-corrected chi connectivity index (χ0v) is 16.2. The van der Waals surface area contributed by atoms with E-state index in [0.717, 1.165) is 31.7 Å². The van der Waals surface area contributed by atoms with Crippen LogP contribution in [-0.4, -0.2) is 64.5 Å². The molecule has 2 fully saturated rings. The van der Waals surface area contributed by atoms with Gasteiger partial charge in [0, 0.05) is 26.2 Å². The van der Waals surface area contributed by atoms with Crippen molar-refractivity contribution in [2.45, 2.75) is 24.5 Å². The van der Waals surface area contributed by atoms with Crippen molar-refractivity contribution < 1.29 is 4.79 Å². The van der Waals surface area contributed by atoms with Crippen LogP contribution in [0, 0.1) is 6.92 Å². The highest BCUT2D eigenvalue weighted by Gasteiger charge is 2.41. The lowest BCUT2D eigenvalue weighted by molar-refractivity contribution is -0.117. The Kier molecular flexibility index (Phi) is 4.62. The molecule has 1 aromatic carbocycles. The smallest absolute Gasteiger partial charge is 0.246 e. The van der Waals surface area contributed by atoms with Crippen molar-refractivity contribution in [2.75, 3.05) is 43.0 Å². The van der Waals surface area contributed by atoms with Crippen molar-refractivity contribution in [3.05, 3.63) is 35.4 Å². The number of carbonyl (C=O) groups excluding carboxylic acids is 1. The van der Waals surface area contributed by atoms with Gasteiger partial charge in [-0.05, 0) is 26.5 Å². The number of aromatic nitrogens is 3. The highest BCUT2D eigenvalue weighted by atomic mass is 32.2. The SMILES string of the molecule is Cc1ccc(C2SC(C)C(=O)N2c2nc(N3CCN(C)CC3)n[nH]2)cc1. The van der Waals surface area contributed by atoms with Gasteiger partial charge in [0.05, 0.1) is 5.25 Å². The van der Waals surface area contributed by atoms with Crippen molar-refractivity contribution >= 4 is 29.6 Å². The average molecular weight is 372 g/mol. The van der Waals surface area contributed by atoms with Gasteiger partial charge in [-0.1, -0.05) is 29.8 Å². The van der Waals surface area contributed by atoms with E-state index >= 15 is 0 Å². The van der Waals surface area contributed by atoms with Gasteiger partial charge in [0.25, 0.3) is 0 Å². The van der Waals surface area contributed by atoms with Crippen LogP contribution in [0.2, 0.25) is 0 Å². The van der Waals surface area contributed by atoms with Crippen LogP contribution < -0.4 is 9.80 Å². The van der Waals surface area contributed by atoms with Crippen molar-refractivity contribution in [1.82, 2.24) is 20.1 Å². The molecule has 3 heterocycles. The highest BCUT2D eigenvalue weighted by Crippen LogP contribution is 2.44. The fourth-order valence-electron chi connectivity index (χ4n) is 3.30. The number of piperazine rings is 1. The molecule has 0 bridgehead atoms. The van der Waals surface area contributed by atoms with Gasteiger partial charge in [0.2, 0.25) is 17.8 Å². The largest absolute Gasteiger partial charge is 0.337 e. The normalized spacial score (nSPS) is 24.5. The van der Waals surface area contributed by atoms with Crippen LogP contribution in [0.15, 0.2) is 24.3 Å². The van der Waals surface area contributed by atoms with Crippen LogP contribution in [0.5, 0.6) is 0 Å². The van der Waals surface area contributed by atoms with Gasteiger partial charge >= 0.3 is 0 Å².